The van der Waals surface area contributed by atoms with Crippen molar-refractivity contribution in [1.82, 2.24) is 19.7 Å². The topological polar surface area (TPSA) is 54.2 Å². The first-order valence-corrected chi connectivity index (χ1v) is 6.53. The molecule has 1 saturated heterocycles. The molecule has 0 aromatic carbocycles. The average Bonchev–Trinajstić information content (AvgIpc) is 2.86. The number of aliphatic hydroxyl groups excluding tert-OH is 1. The quantitative estimate of drug-likeness (QED) is 0.817. The molecule has 3 heterocycles. The predicted molar refractivity (Wildman–Crippen MR) is 63.5 cm³/mol. The zero-order valence-corrected chi connectivity index (χ0v) is 10.3. The van der Waals surface area contributed by atoms with Crippen LogP contribution in [0, 0.1) is 5.92 Å². The van der Waals surface area contributed by atoms with E-state index < -0.39 is 6.23 Å². The standard InChI is InChI=1S/C12H20N4O/c1-15-6-5-9(8-15)7-10-13-11-3-2-4-12(17)16(11)14-10/h9,12,17H,2-8H2,1H3. The van der Waals surface area contributed by atoms with E-state index in [9.17, 15) is 5.11 Å². The smallest absolute Gasteiger partial charge is 0.151 e. The summed E-state index contributed by atoms with van der Waals surface area (Å²) in [7, 11) is 2.16. The van der Waals surface area contributed by atoms with Gasteiger partial charge in [0.15, 0.2) is 5.82 Å². The number of aliphatic hydroxyl groups is 1. The summed E-state index contributed by atoms with van der Waals surface area (Å²) in [5.74, 6) is 2.56. The molecule has 2 unspecified atom stereocenters. The Labute approximate surface area is 101 Å². The van der Waals surface area contributed by atoms with Crippen LogP contribution in [0.2, 0.25) is 0 Å². The van der Waals surface area contributed by atoms with Crippen molar-refractivity contribution in [3.63, 3.8) is 0 Å². The van der Waals surface area contributed by atoms with E-state index in [0.717, 1.165) is 43.9 Å². The van der Waals surface area contributed by atoms with Gasteiger partial charge in [0, 0.05) is 19.4 Å². The van der Waals surface area contributed by atoms with Crippen molar-refractivity contribution in [3.8, 4) is 0 Å². The molecular formula is C12H20N4O. The van der Waals surface area contributed by atoms with Crippen molar-refractivity contribution in [2.45, 2.75) is 38.3 Å². The third kappa shape index (κ3) is 2.21. The fraction of sp³-hybridized carbons (Fsp3) is 0.833. The van der Waals surface area contributed by atoms with Crippen LogP contribution in [0.25, 0.3) is 0 Å². The zero-order chi connectivity index (χ0) is 11.8. The van der Waals surface area contributed by atoms with Crippen LogP contribution in [0.1, 0.15) is 37.1 Å². The van der Waals surface area contributed by atoms with Gasteiger partial charge >= 0.3 is 0 Å². The molecule has 1 N–H and O–H groups in total. The number of aromatic nitrogens is 3. The highest BCUT2D eigenvalue weighted by molar-refractivity contribution is 4.98. The van der Waals surface area contributed by atoms with Crippen molar-refractivity contribution >= 4 is 0 Å². The molecule has 5 heteroatoms. The van der Waals surface area contributed by atoms with Gasteiger partial charge in [-0.3, -0.25) is 0 Å². The van der Waals surface area contributed by atoms with E-state index >= 15 is 0 Å². The first-order valence-electron chi connectivity index (χ1n) is 6.53. The minimum atomic E-state index is -0.453. The minimum absolute atomic E-state index is 0.453. The molecule has 0 saturated carbocycles. The Kier molecular flexibility index (Phi) is 2.88. The van der Waals surface area contributed by atoms with Gasteiger partial charge in [-0.2, -0.15) is 5.10 Å². The number of fused-ring (bicyclic) bond motifs is 1. The minimum Gasteiger partial charge on any atom is -0.372 e. The summed E-state index contributed by atoms with van der Waals surface area (Å²) >= 11 is 0. The van der Waals surface area contributed by atoms with Crippen molar-refractivity contribution < 1.29 is 5.11 Å². The highest BCUT2D eigenvalue weighted by Gasteiger charge is 2.24. The lowest BCUT2D eigenvalue weighted by Crippen LogP contribution is -2.18. The normalized spacial score (nSPS) is 29.5. The molecule has 5 nitrogen and oxygen atoms in total. The van der Waals surface area contributed by atoms with Gasteiger partial charge in [0.05, 0.1) is 0 Å². The second kappa shape index (κ2) is 4.38. The Bertz CT molecular complexity index is 403. The van der Waals surface area contributed by atoms with E-state index in [1.165, 1.54) is 13.0 Å². The molecule has 17 heavy (non-hydrogen) atoms. The Morgan fingerprint density at radius 2 is 2.29 bits per heavy atom. The largest absolute Gasteiger partial charge is 0.372 e. The molecule has 0 radical (unpaired) electrons. The van der Waals surface area contributed by atoms with E-state index in [-0.39, 0.29) is 0 Å². The number of likely N-dealkylation sites (tertiary alicyclic amines) is 1. The van der Waals surface area contributed by atoms with Crippen LogP contribution in [-0.4, -0.2) is 44.9 Å². The predicted octanol–water partition coefficient (Wildman–Crippen LogP) is 0.599. The Hall–Kier alpha value is -0.940. The van der Waals surface area contributed by atoms with Gasteiger partial charge in [-0.05, 0) is 38.8 Å². The van der Waals surface area contributed by atoms with Crippen LogP contribution in [0.4, 0.5) is 0 Å². The monoisotopic (exact) mass is 236 g/mol. The van der Waals surface area contributed by atoms with E-state index in [0.29, 0.717) is 5.92 Å². The fourth-order valence-corrected chi connectivity index (χ4v) is 2.92. The van der Waals surface area contributed by atoms with E-state index in [1.54, 1.807) is 4.68 Å². The van der Waals surface area contributed by atoms with Crippen LogP contribution < -0.4 is 0 Å². The van der Waals surface area contributed by atoms with Gasteiger partial charge in [0.2, 0.25) is 0 Å². The summed E-state index contributed by atoms with van der Waals surface area (Å²) in [6.07, 6.45) is 4.52. The summed E-state index contributed by atoms with van der Waals surface area (Å²) in [5.41, 5.74) is 0. The molecule has 1 aromatic rings. The van der Waals surface area contributed by atoms with Crippen LogP contribution in [-0.2, 0) is 12.8 Å². The summed E-state index contributed by atoms with van der Waals surface area (Å²) < 4.78 is 1.72. The van der Waals surface area contributed by atoms with Gasteiger partial charge in [0.25, 0.3) is 0 Å². The van der Waals surface area contributed by atoms with Crippen LogP contribution in [0.15, 0.2) is 0 Å². The van der Waals surface area contributed by atoms with Gasteiger partial charge in [0.1, 0.15) is 12.1 Å². The highest BCUT2D eigenvalue weighted by atomic mass is 16.3. The van der Waals surface area contributed by atoms with Crippen molar-refractivity contribution in [1.29, 1.82) is 0 Å². The lowest BCUT2D eigenvalue weighted by atomic mass is 10.1. The SMILES string of the molecule is CN1CCC(Cc2nc3n(n2)C(O)CCC3)C1. The second-order valence-electron chi connectivity index (χ2n) is 5.38. The molecule has 0 bridgehead atoms. The van der Waals surface area contributed by atoms with Crippen LogP contribution >= 0.6 is 0 Å². The molecule has 94 valence electrons. The third-order valence-corrected chi connectivity index (χ3v) is 3.85. The Balaban J connectivity index is 1.72. The number of rotatable bonds is 2. The summed E-state index contributed by atoms with van der Waals surface area (Å²) in [4.78, 5) is 6.92. The van der Waals surface area contributed by atoms with Crippen LogP contribution in [0.3, 0.4) is 0 Å². The average molecular weight is 236 g/mol. The van der Waals surface area contributed by atoms with Gasteiger partial charge in [-0.15, -0.1) is 0 Å². The van der Waals surface area contributed by atoms with Gasteiger partial charge in [-0.1, -0.05) is 0 Å². The number of aryl methyl sites for hydroxylation is 1. The zero-order valence-electron chi connectivity index (χ0n) is 10.3. The first kappa shape index (κ1) is 11.2. The number of hydrogen-bond donors (Lipinski definition) is 1. The third-order valence-electron chi connectivity index (χ3n) is 3.85. The molecule has 2 aliphatic heterocycles. The molecule has 1 fully saturated rings. The van der Waals surface area contributed by atoms with Crippen molar-refractivity contribution in [3.05, 3.63) is 11.6 Å². The van der Waals surface area contributed by atoms with E-state index in [1.807, 2.05) is 0 Å². The van der Waals surface area contributed by atoms with Crippen molar-refractivity contribution in [2.24, 2.45) is 5.92 Å². The molecule has 1 aromatic heterocycles. The van der Waals surface area contributed by atoms with Crippen LogP contribution in [0.5, 0.6) is 0 Å². The molecule has 0 spiro atoms. The lowest BCUT2D eigenvalue weighted by molar-refractivity contribution is 0.0643. The maximum absolute atomic E-state index is 9.83. The number of hydrogen-bond acceptors (Lipinski definition) is 4. The van der Waals surface area contributed by atoms with Crippen molar-refractivity contribution in [2.75, 3.05) is 20.1 Å². The van der Waals surface area contributed by atoms with Gasteiger partial charge < -0.3 is 10.0 Å². The fourth-order valence-electron chi connectivity index (χ4n) is 2.92. The number of nitrogens with zero attached hydrogens (tertiary/aromatic N) is 4. The van der Waals surface area contributed by atoms with Gasteiger partial charge in [-0.25, -0.2) is 9.67 Å². The highest BCUT2D eigenvalue weighted by Crippen LogP contribution is 2.23. The molecule has 3 rings (SSSR count). The molecular weight excluding hydrogens is 216 g/mol. The molecule has 2 atom stereocenters. The summed E-state index contributed by atoms with van der Waals surface area (Å²) in [6, 6.07) is 0. The maximum Gasteiger partial charge on any atom is 0.151 e. The van der Waals surface area contributed by atoms with E-state index in [2.05, 4.69) is 22.0 Å². The maximum atomic E-state index is 9.83. The second-order valence-corrected chi connectivity index (χ2v) is 5.38. The van der Waals surface area contributed by atoms with E-state index in [4.69, 9.17) is 0 Å². The molecule has 0 aliphatic carbocycles. The first-order chi connectivity index (χ1) is 8.22. The molecule has 2 aliphatic rings. The Morgan fingerprint density at radius 1 is 1.41 bits per heavy atom. The lowest BCUT2D eigenvalue weighted by Gasteiger charge is -2.17. The molecule has 0 amide bonds. The Morgan fingerprint density at radius 3 is 3.00 bits per heavy atom. The summed E-state index contributed by atoms with van der Waals surface area (Å²) in [5, 5.41) is 14.3. The summed E-state index contributed by atoms with van der Waals surface area (Å²) in [6.45, 7) is 2.33.